The molecule has 0 atom stereocenters. The third-order valence-electron chi connectivity index (χ3n) is 3.73. The molecule has 0 fully saturated rings. The van der Waals surface area contributed by atoms with Gasteiger partial charge in [0.25, 0.3) is 0 Å². The molecule has 3 nitrogen and oxygen atoms in total. The second-order valence-electron chi connectivity index (χ2n) is 4.81. The zero-order valence-electron chi connectivity index (χ0n) is 10.3. The third kappa shape index (κ3) is 1.40. The zero-order valence-corrected chi connectivity index (χ0v) is 10.3. The SMILES string of the molecule is N#Cc1ccc2c(c1)CCn1c-2nc2ccccc21. The average Bonchev–Trinajstić information content (AvgIpc) is 2.85. The highest BCUT2D eigenvalue weighted by molar-refractivity contribution is 5.82. The van der Waals surface area contributed by atoms with Gasteiger partial charge in [-0.2, -0.15) is 5.26 Å². The van der Waals surface area contributed by atoms with Crippen molar-refractivity contribution in [2.24, 2.45) is 0 Å². The maximum Gasteiger partial charge on any atom is 0.141 e. The minimum atomic E-state index is 0.725. The molecule has 2 aromatic carbocycles. The first-order valence-corrected chi connectivity index (χ1v) is 6.35. The van der Waals surface area contributed by atoms with Crippen LogP contribution >= 0.6 is 0 Å². The van der Waals surface area contributed by atoms with E-state index in [1.165, 1.54) is 11.1 Å². The summed E-state index contributed by atoms with van der Waals surface area (Å²) in [6, 6.07) is 16.3. The van der Waals surface area contributed by atoms with Gasteiger partial charge in [0, 0.05) is 12.1 Å². The van der Waals surface area contributed by atoms with Crippen molar-refractivity contribution in [3.63, 3.8) is 0 Å². The molecule has 1 aliphatic rings. The lowest BCUT2D eigenvalue weighted by Crippen LogP contribution is -2.11. The van der Waals surface area contributed by atoms with Gasteiger partial charge in [0.2, 0.25) is 0 Å². The highest BCUT2D eigenvalue weighted by atomic mass is 15.1. The van der Waals surface area contributed by atoms with Gasteiger partial charge < -0.3 is 4.57 Å². The summed E-state index contributed by atoms with van der Waals surface area (Å²) in [4.78, 5) is 4.73. The van der Waals surface area contributed by atoms with Crippen molar-refractivity contribution in [1.29, 1.82) is 5.26 Å². The molecular weight excluding hydrogens is 234 g/mol. The van der Waals surface area contributed by atoms with Crippen LogP contribution in [0.2, 0.25) is 0 Å². The van der Waals surface area contributed by atoms with Crippen LogP contribution in [0.1, 0.15) is 11.1 Å². The van der Waals surface area contributed by atoms with Crippen LogP contribution in [0.5, 0.6) is 0 Å². The molecule has 19 heavy (non-hydrogen) atoms. The predicted octanol–water partition coefficient (Wildman–Crippen LogP) is 3.13. The summed E-state index contributed by atoms with van der Waals surface area (Å²) in [7, 11) is 0. The Morgan fingerprint density at radius 2 is 2.05 bits per heavy atom. The number of nitrogens with zero attached hydrogens (tertiary/aromatic N) is 3. The first kappa shape index (κ1) is 10.3. The first-order chi connectivity index (χ1) is 9.36. The van der Waals surface area contributed by atoms with Crippen molar-refractivity contribution in [3.8, 4) is 17.5 Å². The Morgan fingerprint density at radius 3 is 2.95 bits per heavy atom. The lowest BCUT2D eigenvalue weighted by atomic mass is 9.98. The standard InChI is InChI=1S/C16H11N3/c17-10-11-5-6-13-12(9-11)7-8-19-15-4-2-1-3-14(15)18-16(13)19/h1-6,9H,7-8H2. The molecule has 3 heteroatoms. The highest BCUT2D eigenvalue weighted by Gasteiger charge is 2.20. The Bertz CT molecular complexity index is 837. The fourth-order valence-corrected chi connectivity index (χ4v) is 2.83. The largest absolute Gasteiger partial charge is 0.324 e. The summed E-state index contributed by atoms with van der Waals surface area (Å²) in [5.74, 6) is 1.02. The van der Waals surface area contributed by atoms with E-state index in [0.717, 1.165) is 35.4 Å². The monoisotopic (exact) mass is 245 g/mol. The van der Waals surface area contributed by atoms with E-state index in [9.17, 15) is 0 Å². The van der Waals surface area contributed by atoms with Gasteiger partial charge in [-0.1, -0.05) is 12.1 Å². The summed E-state index contributed by atoms with van der Waals surface area (Å²) in [6.07, 6.45) is 0.957. The van der Waals surface area contributed by atoms with Crippen LogP contribution in [-0.4, -0.2) is 9.55 Å². The number of nitriles is 1. The fraction of sp³-hybridized carbons (Fsp3) is 0.125. The quantitative estimate of drug-likeness (QED) is 0.610. The van der Waals surface area contributed by atoms with E-state index in [1.54, 1.807) is 0 Å². The first-order valence-electron chi connectivity index (χ1n) is 6.35. The molecule has 1 aromatic heterocycles. The van der Waals surface area contributed by atoms with Crippen LogP contribution < -0.4 is 0 Å². The molecule has 2 heterocycles. The summed E-state index contributed by atoms with van der Waals surface area (Å²) >= 11 is 0. The maximum absolute atomic E-state index is 8.98. The van der Waals surface area contributed by atoms with Gasteiger partial charge in [-0.15, -0.1) is 0 Å². The molecule has 90 valence electrons. The number of hydrogen-bond donors (Lipinski definition) is 0. The van der Waals surface area contributed by atoms with Crippen LogP contribution in [-0.2, 0) is 13.0 Å². The Hall–Kier alpha value is -2.60. The van der Waals surface area contributed by atoms with Gasteiger partial charge in [0.15, 0.2) is 0 Å². The van der Waals surface area contributed by atoms with Gasteiger partial charge in [-0.3, -0.25) is 0 Å². The van der Waals surface area contributed by atoms with Gasteiger partial charge in [0.05, 0.1) is 22.7 Å². The maximum atomic E-state index is 8.98. The topological polar surface area (TPSA) is 41.6 Å². The Morgan fingerprint density at radius 1 is 1.16 bits per heavy atom. The predicted molar refractivity (Wildman–Crippen MR) is 73.6 cm³/mol. The fourth-order valence-electron chi connectivity index (χ4n) is 2.83. The van der Waals surface area contributed by atoms with E-state index in [1.807, 2.05) is 36.4 Å². The van der Waals surface area contributed by atoms with Crippen molar-refractivity contribution in [2.45, 2.75) is 13.0 Å². The van der Waals surface area contributed by atoms with E-state index < -0.39 is 0 Å². The summed E-state index contributed by atoms with van der Waals surface area (Å²) in [5.41, 5.74) is 5.33. The Kier molecular flexibility index (Phi) is 2.01. The zero-order chi connectivity index (χ0) is 12.8. The van der Waals surface area contributed by atoms with E-state index in [4.69, 9.17) is 10.2 Å². The molecule has 0 aliphatic carbocycles. The summed E-state index contributed by atoms with van der Waals surface area (Å²) < 4.78 is 2.27. The van der Waals surface area contributed by atoms with Gasteiger partial charge in [0.1, 0.15) is 5.82 Å². The van der Waals surface area contributed by atoms with Crippen LogP contribution in [0, 0.1) is 11.3 Å². The van der Waals surface area contributed by atoms with Crippen molar-refractivity contribution in [3.05, 3.63) is 53.6 Å². The number of imidazole rings is 1. The van der Waals surface area contributed by atoms with Crippen molar-refractivity contribution in [1.82, 2.24) is 9.55 Å². The van der Waals surface area contributed by atoms with E-state index >= 15 is 0 Å². The third-order valence-corrected chi connectivity index (χ3v) is 3.73. The number of para-hydroxylation sites is 2. The van der Waals surface area contributed by atoms with E-state index in [-0.39, 0.29) is 0 Å². The lowest BCUT2D eigenvalue weighted by molar-refractivity contribution is 0.702. The van der Waals surface area contributed by atoms with E-state index in [2.05, 4.69) is 16.7 Å². The van der Waals surface area contributed by atoms with Crippen LogP contribution in [0.3, 0.4) is 0 Å². The van der Waals surface area contributed by atoms with Crippen molar-refractivity contribution >= 4 is 11.0 Å². The molecule has 1 aliphatic heterocycles. The second kappa shape index (κ2) is 3.69. The molecule has 0 saturated heterocycles. The molecule has 0 unspecified atom stereocenters. The van der Waals surface area contributed by atoms with Crippen molar-refractivity contribution < 1.29 is 0 Å². The van der Waals surface area contributed by atoms with Gasteiger partial charge in [-0.25, -0.2) is 4.98 Å². The van der Waals surface area contributed by atoms with Crippen LogP contribution in [0.15, 0.2) is 42.5 Å². The van der Waals surface area contributed by atoms with Gasteiger partial charge >= 0.3 is 0 Å². The second-order valence-corrected chi connectivity index (χ2v) is 4.81. The number of rotatable bonds is 0. The van der Waals surface area contributed by atoms with Crippen molar-refractivity contribution in [2.75, 3.05) is 0 Å². The lowest BCUT2D eigenvalue weighted by Gasteiger charge is -2.18. The number of hydrogen-bond acceptors (Lipinski definition) is 2. The van der Waals surface area contributed by atoms with Gasteiger partial charge in [-0.05, 0) is 42.3 Å². The molecular formula is C16H11N3. The summed E-state index contributed by atoms with van der Waals surface area (Å²) in [5, 5.41) is 8.98. The number of benzene rings is 2. The average molecular weight is 245 g/mol. The normalized spacial score (nSPS) is 12.8. The Labute approximate surface area is 110 Å². The molecule has 0 spiro atoms. The van der Waals surface area contributed by atoms with Crippen LogP contribution in [0.25, 0.3) is 22.4 Å². The number of fused-ring (bicyclic) bond motifs is 5. The molecule has 0 bridgehead atoms. The molecule has 0 amide bonds. The molecule has 4 rings (SSSR count). The molecule has 3 aromatic rings. The summed E-state index contributed by atoms with van der Waals surface area (Å²) in [6.45, 7) is 0.928. The number of aromatic nitrogens is 2. The number of aryl methyl sites for hydroxylation is 2. The molecule has 0 saturated carbocycles. The Balaban J connectivity index is 2.02. The molecule has 0 N–H and O–H groups in total. The molecule has 0 radical (unpaired) electrons. The minimum Gasteiger partial charge on any atom is -0.324 e. The minimum absolute atomic E-state index is 0.725. The highest BCUT2D eigenvalue weighted by Crippen LogP contribution is 2.32. The van der Waals surface area contributed by atoms with E-state index in [0.29, 0.717) is 0 Å². The van der Waals surface area contributed by atoms with Crippen LogP contribution in [0.4, 0.5) is 0 Å². The smallest absolute Gasteiger partial charge is 0.141 e.